The van der Waals surface area contributed by atoms with Crippen molar-refractivity contribution in [3.8, 4) is 17.4 Å². The molecule has 1 atom stereocenters. The summed E-state index contributed by atoms with van der Waals surface area (Å²) in [4.78, 5) is 19.8. The van der Waals surface area contributed by atoms with Crippen LogP contribution in [0.25, 0.3) is 0 Å². The van der Waals surface area contributed by atoms with Crippen LogP contribution in [0.1, 0.15) is 18.9 Å². The second-order valence-corrected chi connectivity index (χ2v) is 4.98. The van der Waals surface area contributed by atoms with Crippen LogP contribution in [0.3, 0.4) is 0 Å². The fourth-order valence-corrected chi connectivity index (χ4v) is 1.85. The molecule has 0 saturated carbocycles. The third-order valence-electron chi connectivity index (χ3n) is 3.27. The molecule has 3 N–H and O–H groups in total. The van der Waals surface area contributed by atoms with E-state index in [0.717, 1.165) is 11.3 Å². The fraction of sp³-hybridized carbons (Fsp3) is 0.312. The first-order chi connectivity index (χ1) is 11.0. The number of carbonyl (C=O) groups excluding carboxylic acids is 1. The van der Waals surface area contributed by atoms with Crippen molar-refractivity contribution < 1.29 is 14.3 Å². The number of ether oxygens (including phenoxy) is 2. The molecule has 1 heterocycles. The SMILES string of the molecule is CC[C@@H](N)C(=O)Nc1cc(Oc2ccc(C)c(OC)c2)ncn1. The highest BCUT2D eigenvalue weighted by Gasteiger charge is 2.12. The van der Waals surface area contributed by atoms with Gasteiger partial charge in [-0.1, -0.05) is 13.0 Å². The Bertz CT molecular complexity index is 691. The lowest BCUT2D eigenvalue weighted by Crippen LogP contribution is -2.35. The number of nitrogens with one attached hydrogen (secondary N) is 1. The molecule has 122 valence electrons. The highest BCUT2D eigenvalue weighted by molar-refractivity contribution is 5.93. The average Bonchev–Trinajstić information content (AvgIpc) is 2.56. The van der Waals surface area contributed by atoms with Crippen molar-refractivity contribution in [1.29, 1.82) is 0 Å². The van der Waals surface area contributed by atoms with Crippen LogP contribution in [-0.2, 0) is 4.79 Å². The van der Waals surface area contributed by atoms with E-state index < -0.39 is 6.04 Å². The molecule has 0 aliphatic carbocycles. The van der Waals surface area contributed by atoms with Gasteiger partial charge >= 0.3 is 0 Å². The van der Waals surface area contributed by atoms with Gasteiger partial charge in [0, 0.05) is 12.1 Å². The summed E-state index contributed by atoms with van der Waals surface area (Å²) in [5, 5.41) is 2.63. The van der Waals surface area contributed by atoms with Crippen molar-refractivity contribution in [3.63, 3.8) is 0 Å². The highest BCUT2D eigenvalue weighted by atomic mass is 16.5. The van der Waals surface area contributed by atoms with Gasteiger partial charge in [0.1, 0.15) is 23.6 Å². The molecular formula is C16H20N4O3. The summed E-state index contributed by atoms with van der Waals surface area (Å²) in [6.45, 7) is 3.78. The monoisotopic (exact) mass is 316 g/mol. The number of methoxy groups -OCH3 is 1. The molecule has 23 heavy (non-hydrogen) atoms. The van der Waals surface area contributed by atoms with E-state index in [1.165, 1.54) is 12.4 Å². The first kappa shape index (κ1) is 16.7. The Hall–Kier alpha value is -2.67. The van der Waals surface area contributed by atoms with Gasteiger partial charge in [-0.3, -0.25) is 4.79 Å². The molecule has 0 aliphatic heterocycles. The Morgan fingerprint density at radius 1 is 1.35 bits per heavy atom. The van der Waals surface area contributed by atoms with Gasteiger partial charge in [-0.25, -0.2) is 9.97 Å². The topological polar surface area (TPSA) is 99.4 Å². The number of hydrogen-bond acceptors (Lipinski definition) is 6. The predicted molar refractivity (Wildman–Crippen MR) is 86.7 cm³/mol. The van der Waals surface area contributed by atoms with Gasteiger partial charge in [0.2, 0.25) is 11.8 Å². The van der Waals surface area contributed by atoms with Crippen molar-refractivity contribution in [3.05, 3.63) is 36.2 Å². The van der Waals surface area contributed by atoms with E-state index in [9.17, 15) is 4.79 Å². The maximum absolute atomic E-state index is 11.8. The molecular weight excluding hydrogens is 296 g/mol. The largest absolute Gasteiger partial charge is 0.496 e. The number of rotatable bonds is 6. The van der Waals surface area contributed by atoms with Gasteiger partial charge in [0.15, 0.2) is 0 Å². The van der Waals surface area contributed by atoms with Gasteiger partial charge in [0.25, 0.3) is 0 Å². The molecule has 1 aromatic heterocycles. The molecule has 0 saturated heterocycles. The van der Waals surface area contributed by atoms with Crippen LogP contribution in [0.5, 0.6) is 17.4 Å². The van der Waals surface area contributed by atoms with Gasteiger partial charge in [0.05, 0.1) is 13.2 Å². The summed E-state index contributed by atoms with van der Waals surface area (Å²) >= 11 is 0. The zero-order valence-electron chi connectivity index (χ0n) is 13.4. The normalized spacial score (nSPS) is 11.7. The van der Waals surface area contributed by atoms with Gasteiger partial charge < -0.3 is 20.5 Å². The maximum atomic E-state index is 11.8. The summed E-state index contributed by atoms with van der Waals surface area (Å²) in [5.74, 6) is 1.65. The van der Waals surface area contributed by atoms with Crippen molar-refractivity contribution >= 4 is 11.7 Å². The molecule has 1 aromatic carbocycles. The van der Waals surface area contributed by atoms with E-state index in [4.69, 9.17) is 15.2 Å². The smallest absolute Gasteiger partial charge is 0.242 e. The molecule has 0 fully saturated rings. The second kappa shape index (κ2) is 7.55. The highest BCUT2D eigenvalue weighted by Crippen LogP contribution is 2.27. The molecule has 0 radical (unpaired) electrons. The van der Waals surface area contributed by atoms with E-state index in [-0.39, 0.29) is 5.91 Å². The molecule has 0 aliphatic rings. The molecule has 1 amide bonds. The average molecular weight is 316 g/mol. The van der Waals surface area contributed by atoms with Crippen LogP contribution < -0.4 is 20.5 Å². The lowest BCUT2D eigenvalue weighted by molar-refractivity contribution is -0.117. The van der Waals surface area contributed by atoms with Crippen LogP contribution >= 0.6 is 0 Å². The Balaban J connectivity index is 2.12. The zero-order valence-corrected chi connectivity index (χ0v) is 13.4. The van der Waals surface area contributed by atoms with Gasteiger partial charge in [-0.2, -0.15) is 0 Å². The summed E-state index contributed by atoms with van der Waals surface area (Å²) in [7, 11) is 1.60. The van der Waals surface area contributed by atoms with E-state index in [0.29, 0.717) is 23.9 Å². The Morgan fingerprint density at radius 2 is 2.13 bits per heavy atom. The van der Waals surface area contributed by atoms with Crippen LogP contribution in [-0.4, -0.2) is 29.0 Å². The lowest BCUT2D eigenvalue weighted by atomic mass is 10.2. The number of aromatic nitrogens is 2. The first-order valence-electron chi connectivity index (χ1n) is 7.24. The number of anilines is 1. The standard InChI is InChI=1S/C16H20N4O3/c1-4-12(17)16(21)20-14-8-15(19-9-18-14)23-11-6-5-10(2)13(7-11)22-3/h5-9,12H,4,17H2,1-3H3,(H,18,19,20,21)/t12-/m1/s1. The second-order valence-electron chi connectivity index (χ2n) is 4.98. The molecule has 0 bridgehead atoms. The van der Waals surface area contributed by atoms with Crippen LogP contribution in [0.15, 0.2) is 30.6 Å². The minimum Gasteiger partial charge on any atom is -0.496 e. The summed E-state index contributed by atoms with van der Waals surface area (Å²) in [6.07, 6.45) is 1.86. The van der Waals surface area contributed by atoms with Crippen molar-refractivity contribution in [2.45, 2.75) is 26.3 Å². The van der Waals surface area contributed by atoms with E-state index in [1.54, 1.807) is 13.2 Å². The van der Waals surface area contributed by atoms with Crippen LogP contribution in [0, 0.1) is 6.92 Å². The minimum absolute atomic E-state index is 0.297. The van der Waals surface area contributed by atoms with Crippen molar-refractivity contribution in [2.75, 3.05) is 12.4 Å². The lowest BCUT2D eigenvalue weighted by Gasteiger charge is -2.11. The van der Waals surface area contributed by atoms with Crippen LogP contribution in [0.2, 0.25) is 0 Å². The van der Waals surface area contributed by atoms with Gasteiger partial charge in [-0.05, 0) is 25.0 Å². The number of hydrogen-bond donors (Lipinski definition) is 2. The zero-order chi connectivity index (χ0) is 16.8. The third kappa shape index (κ3) is 4.40. The number of amides is 1. The Morgan fingerprint density at radius 3 is 2.83 bits per heavy atom. The number of benzene rings is 1. The fourth-order valence-electron chi connectivity index (χ4n) is 1.85. The molecule has 2 rings (SSSR count). The quantitative estimate of drug-likeness (QED) is 0.848. The minimum atomic E-state index is -0.573. The number of aryl methyl sites for hydroxylation is 1. The summed E-state index contributed by atoms with van der Waals surface area (Å²) < 4.78 is 10.9. The number of carbonyl (C=O) groups is 1. The summed E-state index contributed by atoms with van der Waals surface area (Å²) in [6, 6.07) is 6.43. The summed E-state index contributed by atoms with van der Waals surface area (Å²) in [5.41, 5.74) is 6.68. The van der Waals surface area contributed by atoms with Gasteiger partial charge in [-0.15, -0.1) is 0 Å². The Kier molecular flexibility index (Phi) is 5.48. The van der Waals surface area contributed by atoms with Crippen LogP contribution in [0.4, 0.5) is 5.82 Å². The number of nitrogens with two attached hydrogens (primary N) is 1. The molecule has 0 unspecified atom stereocenters. The molecule has 2 aromatic rings. The number of nitrogens with zero attached hydrogens (tertiary/aromatic N) is 2. The van der Waals surface area contributed by atoms with E-state index in [1.807, 2.05) is 26.0 Å². The Labute approximate surface area is 134 Å². The molecule has 7 nitrogen and oxygen atoms in total. The van der Waals surface area contributed by atoms with E-state index in [2.05, 4.69) is 15.3 Å². The van der Waals surface area contributed by atoms with Crippen molar-refractivity contribution in [2.24, 2.45) is 5.73 Å². The van der Waals surface area contributed by atoms with Crippen molar-refractivity contribution in [1.82, 2.24) is 9.97 Å². The first-order valence-corrected chi connectivity index (χ1v) is 7.24. The predicted octanol–water partition coefficient (Wildman–Crippen LogP) is 2.26. The van der Waals surface area contributed by atoms with E-state index >= 15 is 0 Å². The third-order valence-corrected chi connectivity index (χ3v) is 3.27. The maximum Gasteiger partial charge on any atom is 0.242 e. The molecule has 0 spiro atoms. The molecule has 7 heteroatoms.